The number of alkyl carbamates (subject to hydrolysis) is 1. The quantitative estimate of drug-likeness (QED) is 0.376. The maximum atomic E-state index is 12.4. The molecule has 1 unspecified atom stereocenters. The molecule has 0 aliphatic carbocycles. The number of hydrogen-bond acceptors (Lipinski definition) is 7. The zero-order valence-electron chi connectivity index (χ0n) is 16.0. The van der Waals surface area contributed by atoms with E-state index in [9.17, 15) is 19.7 Å². The molecule has 2 amide bonds. The lowest BCUT2D eigenvalue weighted by atomic mass is 10.0. The molecule has 0 aliphatic heterocycles. The Morgan fingerprint density at radius 1 is 1.28 bits per heavy atom. The van der Waals surface area contributed by atoms with Crippen molar-refractivity contribution in [1.82, 2.24) is 10.7 Å². The molecule has 0 aliphatic rings. The lowest BCUT2D eigenvalue weighted by molar-refractivity contribution is -0.385. The Kier molecular flexibility index (Phi) is 7.89. The number of benzene rings is 1. The van der Waals surface area contributed by atoms with E-state index < -0.39 is 23.0 Å². The number of hydrazone groups is 1. The molecule has 2 aromatic rings. The molecule has 0 radical (unpaired) electrons. The fraction of sp³-hybridized carbons (Fsp3) is 0.316. The molecule has 0 saturated heterocycles. The summed E-state index contributed by atoms with van der Waals surface area (Å²) >= 11 is 0. The van der Waals surface area contributed by atoms with Crippen molar-refractivity contribution in [2.45, 2.75) is 32.9 Å². The average Bonchev–Trinajstić information content (AvgIpc) is 3.15. The Balaban J connectivity index is 1.92. The largest absolute Gasteiger partial charge is 0.456 e. The molecule has 1 aromatic heterocycles. The second-order valence-electron chi connectivity index (χ2n) is 6.55. The fourth-order valence-corrected chi connectivity index (χ4v) is 2.40. The highest BCUT2D eigenvalue weighted by atomic mass is 16.6. The lowest BCUT2D eigenvalue weighted by Crippen LogP contribution is -2.46. The molecule has 0 bridgehead atoms. The van der Waals surface area contributed by atoms with Gasteiger partial charge in [-0.2, -0.15) is 5.10 Å². The van der Waals surface area contributed by atoms with Crippen LogP contribution < -0.4 is 10.7 Å². The highest BCUT2D eigenvalue weighted by Crippen LogP contribution is 2.16. The first-order valence-electron chi connectivity index (χ1n) is 8.88. The number of furan rings is 1. The highest BCUT2D eigenvalue weighted by molar-refractivity contribution is 5.87. The first kappa shape index (κ1) is 21.6. The number of hydrogen-bond donors (Lipinski definition) is 2. The Morgan fingerprint density at radius 2 is 2.00 bits per heavy atom. The Bertz CT molecular complexity index is 863. The van der Waals surface area contributed by atoms with Gasteiger partial charge >= 0.3 is 11.8 Å². The summed E-state index contributed by atoms with van der Waals surface area (Å²) in [6, 6.07) is 9.42. The molecule has 10 heteroatoms. The maximum absolute atomic E-state index is 12.4. The van der Waals surface area contributed by atoms with Gasteiger partial charge in [0, 0.05) is 0 Å². The number of nitrogens with one attached hydrogen (secondary N) is 2. The minimum absolute atomic E-state index is 0.0724. The summed E-state index contributed by atoms with van der Waals surface area (Å²) in [7, 11) is 0. The smallest absolute Gasteiger partial charge is 0.408 e. The van der Waals surface area contributed by atoms with Gasteiger partial charge in [0.25, 0.3) is 5.91 Å². The van der Waals surface area contributed by atoms with Gasteiger partial charge in [-0.25, -0.2) is 10.2 Å². The van der Waals surface area contributed by atoms with E-state index in [1.54, 1.807) is 0 Å². The van der Waals surface area contributed by atoms with E-state index in [4.69, 9.17) is 9.15 Å². The number of amides is 2. The van der Waals surface area contributed by atoms with E-state index in [1.165, 1.54) is 6.07 Å². The van der Waals surface area contributed by atoms with E-state index in [0.717, 1.165) is 18.0 Å². The molecule has 0 saturated carbocycles. The van der Waals surface area contributed by atoms with Gasteiger partial charge in [0.05, 0.1) is 23.5 Å². The Hall–Kier alpha value is -3.69. The van der Waals surface area contributed by atoms with Crippen molar-refractivity contribution in [2.75, 3.05) is 0 Å². The van der Waals surface area contributed by atoms with Crippen LogP contribution >= 0.6 is 0 Å². The fourth-order valence-electron chi connectivity index (χ4n) is 2.40. The van der Waals surface area contributed by atoms with Crippen LogP contribution in [0.5, 0.6) is 0 Å². The lowest BCUT2D eigenvalue weighted by Gasteiger charge is -2.18. The monoisotopic (exact) mass is 402 g/mol. The van der Waals surface area contributed by atoms with Crippen LogP contribution in [0.15, 0.2) is 52.2 Å². The summed E-state index contributed by atoms with van der Waals surface area (Å²) in [5.41, 5.74) is 2.79. The summed E-state index contributed by atoms with van der Waals surface area (Å²) in [4.78, 5) is 34.6. The number of nitrogens with zero attached hydrogens (tertiary/aromatic N) is 2. The van der Waals surface area contributed by atoms with Crippen molar-refractivity contribution in [3.63, 3.8) is 0 Å². The molecule has 1 aromatic carbocycles. The van der Waals surface area contributed by atoms with Crippen LogP contribution in [0.1, 0.15) is 31.6 Å². The highest BCUT2D eigenvalue weighted by Gasteiger charge is 2.23. The van der Waals surface area contributed by atoms with E-state index in [1.807, 2.05) is 44.2 Å². The second-order valence-corrected chi connectivity index (χ2v) is 6.55. The zero-order valence-corrected chi connectivity index (χ0v) is 16.0. The average molecular weight is 402 g/mol. The first-order chi connectivity index (χ1) is 13.9. The summed E-state index contributed by atoms with van der Waals surface area (Å²) < 4.78 is 10.1. The maximum Gasteiger partial charge on any atom is 0.408 e. The van der Waals surface area contributed by atoms with Crippen LogP contribution in [-0.4, -0.2) is 29.2 Å². The number of carbonyl (C=O) groups is 2. The van der Waals surface area contributed by atoms with Gasteiger partial charge in [0.1, 0.15) is 12.6 Å². The standard InChI is InChI=1S/C19H22N4O6/c1-13(2)10-15(21-19(25)29-12-14-6-4-3-5-7-14)18(24)22-20-11-17-16(23(26)27)8-9-28-17/h3-9,11,13,15H,10,12H2,1-2H3,(H,21,25)(H,22,24)/b20-11+. The third kappa shape index (κ3) is 7.09. The van der Waals surface area contributed by atoms with Crippen LogP contribution in [0.3, 0.4) is 0 Å². The normalized spacial score (nSPS) is 12.0. The third-order valence-electron chi connectivity index (χ3n) is 3.76. The molecule has 0 spiro atoms. The minimum atomic E-state index is -0.887. The van der Waals surface area contributed by atoms with E-state index in [-0.39, 0.29) is 24.0 Å². The molecule has 10 nitrogen and oxygen atoms in total. The summed E-state index contributed by atoms with van der Waals surface area (Å²) in [5, 5.41) is 17.0. The van der Waals surface area contributed by atoms with Crippen LogP contribution in [0.2, 0.25) is 0 Å². The van der Waals surface area contributed by atoms with Gasteiger partial charge < -0.3 is 14.5 Å². The van der Waals surface area contributed by atoms with Crippen molar-refractivity contribution in [1.29, 1.82) is 0 Å². The number of ether oxygens (including phenoxy) is 1. The molecule has 29 heavy (non-hydrogen) atoms. The predicted octanol–water partition coefficient (Wildman–Crippen LogP) is 2.98. The second kappa shape index (κ2) is 10.6. The van der Waals surface area contributed by atoms with Crippen molar-refractivity contribution in [2.24, 2.45) is 11.0 Å². The molecular formula is C19H22N4O6. The van der Waals surface area contributed by atoms with Crippen LogP contribution in [0, 0.1) is 16.0 Å². The van der Waals surface area contributed by atoms with E-state index in [2.05, 4.69) is 15.8 Å². The van der Waals surface area contributed by atoms with Crippen LogP contribution in [0.4, 0.5) is 10.5 Å². The molecular weight excluding hydrogens is 380 g/mol. The van der Waals surface area contributed by atoms with Gasteiger partial charge in [-0.05, 0) is 17.9 Å². The van der Waals surface area contributed by atoms with Crippen molar-refractivity contribution in [3.8, 4) is 0 Å². The number of nitro groups is 1. The van der Waals surface area contributed by atoms with E-state index >= 15 is 0 Å². The molecule has 154 valence electrons. The molecule has 0 fully saturated rings. The van der Waals surface area contributed by atoms with Gasteiger partial charge in [-0.1, -0.05) is 44.2 Å². The SMILES string of the molecule is CC(C)CC(NC(=O)OCc1ccccc1)C(=O)N/N=C/c1occc1[N+](=O)[O-]. The minimum Gasteiger partial charge on any atom is -0.456 e. The van der Waals surface area contributed by atoms with Gasteiger partial charge in [-0.15, -0.1) is 0 Å². The summed E-state index contributed by atoms with van der Waals surface area (Å²) in [6.45, 7) is 3.86. The van der Waals surface area contributed by atoms with Crippen LogP contribution in [-0.2, 0) is 16.1 Å². The number of carbonyl (C=O) groups excluding carboxylic acids is 2. The molecule has 2 N–H and O–H groups in total. The van der Waals surface area contributed by atoms with Gasteiger partial charge in [0.2, 0.25) is 5.76 Å². The number of rotatable bonds is 9. The summed E-state index contributed by atoms with van der Waals surface area (Å²) in [5.74, 6) is -0.581. The topological polar surface area (TPSA) is 136 Å². The van der Waals surface area contributed by atoms with Crippen molar-refractivity contribution in [3.05, 3.63) is 64.1 Å². The van der Waals surface area contributed by atoms with Crippen LogP contribution in [0.25, 0.3) is 0 Å². The van der Waals surface area contributed by atoms with E-state index in [0.29, 0.717) is 6.42 Å². The molecule has 1 atom stereocenters. The van der Waals surface area contributed by atoms with Gasteiger partial charge in [0.15, 0.2) is 0 Å². The first-order valence-corrected chi connectivity index (χ1v) is 8.88. The molecule has 2 rings (SSSR count). The Labute approximate surface area is 167 Å². The van der Waals surface area contributed by atoms with Crippen molar-refractivity contribution >= 4 is 23.9 Å². The predicted molar refractivity (Wildman–Crippen MR) is 104 cm³/mol. The molecule has 1 heterocycles. The third-order valence-corrected chi connectivity index (χ3v) is 3.76. The van der Waals surface area contributed by atoms with Gasteiger partial charge in [-0.3, -0.25) is 14.9 Å². The summed E-state index contributed by atoms with van der Waals surface area (Å²) in [6.07, 6.45) is 1.78. The Morgan fingerprint density at radius 3 is 2.66 bits per heavy atom. The van der Waals surface area contributed by atoms with Crippen molar-refractivity contribution < 1.29 is 23.7 Å². The zero-order chi connectivity index (χ0) is 21.2.